The zero-order valence-electron chi connectivity index (χ0n) is 16.8. The van der Waals surface area contributed by atoms with Crippen molar-refractivity contribution in [3.05, 3.63) is 53.6 Å². The first-order chi connectivity index (χ1) is 14.2. The standard InChI is InChI=1S/C21H23N3O5S/c1-21(2,16-6-9-18-19(12-16)29-14-28-18)13-23-20(25)15-4-7-17(8-5-15)30(26,27)24-11-3-10-22/h4-9,12,24H,3,11,13-14H2,1-2H3,(H,23,25). The zero-order valence-corrected chi connectivity index (χ0v) is 17.6. The summed E-state index contributed by atoms with van der Waals surface area (Å²) in [5.41, 5.74) is 0.995. The van der Waals surface area contributed by atoms with Gasteiger partial charge in [0.1, 0.15) is 0 Å². The number of hydrogen-bond acceptors (Lipinski definition) is 6. The largest absolute Gasteiger partial charge is 0.454 e. The highest BCUT2D eigenvalue weighted by Gasteiger charge is 2.25. The molecular weight excluding hydrogens is 406 g/mol. The molecule has 0 aliphatic carbocycles. The van der Waals surface area contributed by atoms with E-state index in [0.717, 1.165) is 5.56 Å². The van der Waals surface area contributed by atoms with Crippen molar-refractivity contribution in [1.82, 2.24) is 10.0 Å². The Bertz CT molecular complexity index is 1070. The predicted molar refractivity (Wildman–Crippen MR) is 110 cm³/mol. The number of rotatable bonds is 8. The molecule has 2 aromatic rings. The third kappa shape index (κ3) is 4.90. The topological polar surface area (TPSA) is 118 Å². The first-order valence-electron chi connectivity index (χ1n) is 9.38. The molecule has 3 rings (SSSR count). The Morgan fingerprint density at radius 2 is 1.83 bits per heavy atom. The predicted octanol–water partition coefficient (Wildman–Crippen LogP) is 2.31. The quantitative estimate of drug-likeness (QED) is 0.622. The van der Waals surface area contributed by atoms with Gasteiger partial charge >= 0.3 is 0 Å². The highest BCUT2D eigenvalue weighted by atomic mass is 32.2. The molecule has 0 saturated heterocycles. The lowest BCUT2D eigenvalue weighted by Crippen LogP contribution is -2.36. The van der Waals surface area contributed by atoms with Crippen LogP contribution in [0.1, 0.15) is 36.2 Å². The van der Waals surface area contributed by atoms with Gasteiger partial charge in [0.25, 0.3) is 5.91 Å². The molecule has 0 spiro atoms. The third-order valence-electron chi connectivity index (χ3n) is 4.80. The maximum Gasteiger partial charge on any atom is 0.251 e. The summed E-state index contributed by atoms with van der Waals surface area (Å²) >= 11 is 0. The average molecular weight is 429 g/mol. The summed E-state index contributed by atoms with van der Waals surface area (Å²) in [5.74, 6) is 1.09. The fourth-order valence-corrected chi connectivity index (χ4v) is 3.96. The lowest BCUT2D eigenvalue weighted by molar-refractivity contribution is 0.0945. The van der Waals surface area contributed by atoms with Gasteiger partial charge in [-0.1, -0.05) is 19.9 Å². The van der Waals surface area contributed by atoms with Crippen LogP contribution in [0.25, 0.3) is 0 Å². The number of nitrogens with one attached hydrogen (secondary N) is 2. The van der Waals surface area contributed by atoms with Gasteiger partial charge < -0.3 is 14.8 Å². The molecule has 1 aliphatic rings. The molecule has 0 aromatic heterocycles. The number of nitriles is 1. The number of carbonyl (C=O) groups is 1. The van der Waals surface area contributed by atoms with Gasteiger partial charge in [-0.3, -0.25) is 4.79 Å². The summed E-state index contributed by atoms with van der Waals surface area (Å²) < 4.78 is 37.4. The second kappa shape index (κ2) is 8.73. The second-order valence-electron chi connectivity index (χ2n) is 7.46. The van der Waals surface area contributed by atoms with E-state index in [2.05, 4.69) is 10.0 Å². The highest BCUT2D eigenvalue weighted by molar-refractivity contribution is 7.89. The van der Waals surface area contributed by atoms with E-state index >= 15 is 0 Å². The molecule has 1 aliphatic heterocycles. The number of ether oxygens (including phenoxy) is 2. The van der Waals surface area contributed by atoms with Gasteiger partial charge in [-0.05, 0) is 42.0 Å². The lowest BCUT2D eigenvalue weighted by Gasteiger charge is -2.26. The van der Waals surface area contributed by atoms with Crippen LogP contribution in [0.3, 0.4) is 0 Å². The molecule has 0 saturated carbocycles. The van der Waals surface area contributed by atoms with Crippen molar-refractivity contribution in [3.63, 3.8) is 0 Å². The maximum atomic E-state index is 12.5. The van der Waals surface area contributed by atoms with Crippen molar-refractivity contribution in [3.8, 4) is 17.6 Å². The molecule has 1 amide bonds. The third-order valence-corrected chi connectivity index (χ3v) is 6.28. The minimum atomic E-state index is -3.71. The van der Waals surface area contributed by atoms with Crippen LogP contribution in [-0.4, -0.2) is 34.2 Å². The van der Waals surface area contributed by atoms with E-state index in [9.17, 15) is 13.2 Å². The van der Waals surface area contributed by atoms with E-state index < -0.39 is 10.0 Å². The first-order valence-corrected chi connectivity index (χ1v) is 10.9. The molecule has 0 unspecified atom stereocenters. The van der Waals surface area contributed by atoms with Crippen molar-refractivity contribution in [2.24, 2.45) is 0 Å². The molecule has 9 heteroatoms. The van der Waals surface area contributed by atoms with Crippen molar-refractivity contribution in [1.29, 1.82) is 5.26 Å². The molecule has 0 fully saturated rings. The summed E-state index contributed by atoms with van der Waals surface area (Å²) in [6, 6.07) is 13.2. The second-order valence-corrected chi connectivity index (χ2v) is 9.23. The van der Waals surface area contributed by atoms with Gasteiger partial charge in [-0.15, -0.1) is 0 Å². The van der Waals surface area contributed by atoms with Gasteiger partial charge in [-0.2, -0.15) is 5.26 Å². The average Bonchev–Trinajstić information content (AvgIpc) is 3.20. The van der Waals surface area contributed by atoms with Crippen molar-refractivity contribution < 1.29 is 22.7 Å². The summed E-state index contributed by atoms with van der Waals surface area (Å²) in [4.78, 5) is 12.6. The van der Waals surface area contributed by atoms with E-state index in [1.165, 1.54) is 24.3 Å². The number of fused-ring (bicyclic) bond motifs is 1. The molecule has 0 atom stereocenters. The van der Waals surface area contributed by atoms with Gasteiger partial charge in [0.2, 0.25) is 16.8 Å². The highest BCUT2D eigenvalue weighted by Crippen LogP contribution is 2.36. The van der Waals surface area contributed by atoms with Gasteiger partial charge in [-0.25, -0.2) is 13.1 Å². The molecule has 8 nitrogen and oxygen atoms in total. The van der Waals surface area contributed by atoms with Crippen molar-refractivity contribution in [2.45, 2.75) is 30.6 Å². The molecule has 0 bridgehead atoms. The van der Waals surface area contributed by atoms with E-state index in [4.69, 9.17) is 14.7 Å². The van der Waals surface area contributed by atoms with Crippen LogP contribution in [0, 0.1) is 11.3 Å². The van der Waals surface area contributed by atoms with Crippen LogP contribution in [0.4, 0.5) is 0 Å². The fourth-order valence-electron chi connectivity index (χ4n) is 2.93. The summed E-state index contributed by atoms with van der Waals surface area (Å²) in [5, 5.41) is 11.4. The van der Waals surface area contributed by atoms with Crippen LogP contribution >= 0.6 is 0 Å². The number of benzene rings is 2. The van der Waals surface area contributed by atoms with Crippen LogP contribution in [0.5, 0.6) is 11.5 Å². The molecule has 30 heavy (non-hydrogen) atoms. The Labute approximate surface area is 175 Å². The Hall–Kier alpha value is -3.09. The van der Waals surface area contributed by atoms with Gasteiger partial charge in [0, 0.05) is 30.5 Å². The van der Waals surface area contributed by atoms with Crippen LogP contribution in [0.2, 0.25) is 0 Å². The minimum absolute atomic E-state index is 0.0377. The Morgan fingerprint density at radius 3 is 2.53 bits per heavy atom. The summed E-state index contributed by atoms with van der Waals surface area (Å²) in [6.07, 6.45) is 0.0822. The SMILES string of the molecule is CC(C)(CNC(=O)c1ccc(S(=O)(=O)NCCC#N)cc1)c1ccc2c(c1)OCO2. The first kappa shape index (κ1) is 21.6. The Morgan fingerprint density at radius 1 is 1.13 bits per heavy atom. The maximum absolute atomic E-state index is 12.5. The van der Waals surface area contributed by atoms with Gasteiger partial charge in [0.15, 0.2) is 11.5 Å². The number of carbonyl (C=O) groups excluding carboxylic acids is 1. The van der Waals surface area contributed by atoms with Crippen LogP contribution < -0.4 is 19.5 Å². The molecule has 158 valence electrons. The van der Waals surface area contributed by atoms with Crippen LogP contribution in [-0.2, 0) is 15.4 Å². The molecule has 2 N–H and O–H groups in total. The van der Waals surface area contributed by atoms with Crippen molar-refractivity contribution >= 4 is 15.9 Å². The van der Waals surface area contributed by atoms with E-state index in [-0.39, 0.29) is 36.0 Å². The number of hydrogen-bond donors (Lipinski definition) is 2. The van der Waals surface area contributed by atoms with E-state index in [1.807, 2.05) is 38.1 Å². The molecular formula is C21H23N3O5S. The van der Waals surface area contributed by atoms with E-state index in [0.29, 0.717) is 23.6 Å². The normalized spacial score (nSPS) is 13.0. The fraction of sp³-hybridized carbons (Fsp3) is 0.333. The smallest absolute Gasteiger partial charge is 0.251 e. The number of nitrogens with zero attached hydrogens (tertiary/aromatic N) is 1. The molecule has 0 radical (unpaired) electrons. The monoisotopic (exact) mass is 429 g/mol. The molecule has 2 aromatic carbocycles. The van der Waals surface area contributed by atoms with Crippen molar-refractivity contribution in [2.75, 3.05) is 19.9 Å². The zero-order chi connectivity index (χ0) is 21.8. The summed E-state index contributed by atoms with van der Waals surface area (Å²) in [6.45, 7) is 4.63. The number of amides is 1. The minimum Gasteiger partial charge on any atom is -0.454 e. The number of sulfonamides is 1. The summed E-state index contributed by atoms with van der Waals surface area (Å²) in [7, 11) is -3.71. The van der Waals surface area contributed by atoms with Gasteiger partial charge in [0.05, 0.1) is 11.0 Å². The Kier molecular flexibility index (Phi) is 6.29. The van der Waals surface area contributed by atoms with E-state index in [1.54, 1.807) is 0 Å². The Balaban J connectivity index is 1.62. The van der Waals surface area contributed by atoms with Crippen LogP contribution in [0.15, 0.2) is 47.4 Å². The molecule has 1 heterocycles. The lowest BCUT2D eigenvalue weighted by atomic mass is 9.84.